The summed E-state index contributed by atoms with van der Waals surface area (Å²) in [7, 11) is 0. The fraction of sp³-hybridized carbons (Fsp3) is 0.519. The van der Waals surface area contributed by atoms with Crippen molar-refractivity contribution in [3.05, 3.63) is 51.8 Å². The van der Waals surface area contributed by atoms with Crippen LogP contribution in [0.15, 0.2) is 29.3 Å². The zero-order valence-corrected chi connectivity index (χ0v) is 22.3. The number of ether oxygens (including phenoxy) is 2. The molecule has 1 unspecified atom stereocenters. The van der Waals surface area contributed by atoms with Gasteiger partial charge in [0.05, 0.1) is 16.1 Å². The third-order valence-electron chi connectivity index (χ3n) is 6.30. The molecule has 3 rings (SSSR count). The van der Waals surface area contributed by atoms with Crippen molar-refractivity contribution in [2.75, 3.05) is 6.79 Å². The first kappa shape index (κ1) is 26.0. The summed E-state index contributed by atoms with van der Waals surface area (Å²) >= 11 is 6.72. The molecule has 1 atom stereocenters. The molecule has 0 N–H and O–H groups in total. The Kier molecular flexibility index (Phi) is 7.61. The van der Waals surface area contributed by atoms with E-state index in [2.05, 4.69) is 55.1 Å². The summed E-state index contributed by atoms with van der Waals surface area (Å²) in [5.41, 5.74) is 3.92. The van der Waals surface area contributed by atoms with E-state index >= 15 is 0 Å². The number of carbonyl (C=O) groups excluding carboxylic acids is 1. The number of nitrogens with zero attached hydrogens (tertiary/aromatic N) is 3. The summed E-state index contributed by atoms with van der Waals surface area (Å²) in [5, 5.41) is 5.08. The van der Waals surface area contributed by atoms with Crippen molar-refractivity contribution >= 4 is 35.1 Å². The van der Waals surface area contributed by atoms with Gasteiger partial charge < -0.3 is 9.47 Å². The summed E-state index contributed by atoms with van der Waals surface area (Å²) < 4.78 is 13.5. The minimum atomic E-state index is -0.585. The van der Waals surface area contributed by atoms with E-state index in [0.717, 1.165) is 11.1 Å². The Bertz CT molecular complexity index is 1100. The Labute approximate surface area is 208 Å². The molecule has 0 spiro atoms. The minimum Gasteiger partial charge on any atom is -0.455 e. The molecule has 1 aromatic carbocycles. The van der Waals surface area contributed by atoms with Crippen molar-refractivity contribution in [2.45, 2.75) is 79.8 Å². The standard InChI is InChI=1S/C27H36ClN3O3/c1-9-27(7,8)25(32)34-16-33-24(23-22(28)17(3)30-31(23)10-2)21(20-15-29-20)18-11-13-19(14-12-18)26(4,5)6/h11-15,20H,9-10,16H2,1-8H3/b24-21+. The van der Waals surface area contributed by atoms with Crippen LogP contribution in [-0.2, 0) is 26.2 Å². The largest absolute Gasteiger partial charge is 0.455 e. The third-order valence-corrected chi connectivity index (χ3v) is 6.75. The molecule has 0 saturated carbocycles. The van der Waals surface area contributed by atoms with Gasteiger partial charge in [-0.15, -0.1) is 0 Å². The molecule has 0 amide bonds. The van der Waals surface area contributed by atoms with Crippen LogP contribution in [0.5, 0.6) is 0 Å². The first-order valence-electron chi connectivity index (χ1n) is 11.8. The molecular formula is C27H36ClN3O3. The monoisotopic (exact) mass is 485 g/mol. The van der Waals surface area contributed by atoms with Crippen LogP contribution in [0.3, 0.4) is 0 Å². The fourth-order valence-electron chi connectivity index (χ4n) is 3.54. The molecule has 1 aliphatic heterocycles. The molecule has 2 heterocycles. The average molecular weight is 486 g/mol. The van der Waals surface area contributed by atoms with Gasteiger partial charge in [-0.25, -0.2) is 0 Å². The van der Waals surface area contributed by atoms with E-state index in [9.17, 15) is 4.79 Å². The maximum absolute atomic E-state index is 12.5. The predicted molar refractivity (Wildman–Crippen MR) is 138 cm³/mol. The van der Waals surface area contributed by atoms with Crippen LogP contribution in [0.1, 0.15) is 77.4 Å². The number of aryl methyl sites for hydroxylation is 2. The lowest BCUT2D eigenvalue weighted by Crippen LogP contribution is -2.26. The van der Waals surface area contributed by atoms with Gasteiger partial charge in [-0.3, -0.25) is 14.5 Å². The zero-order chi connectivity index (χ0) is 25.3. The molecule has 7 heteroatoms. The number of hydrogen-bond acceptors (Lipinski definition) is 5. The minimum absolute atomic E-state index is 0.0410. The van der Waals surface area contributed by atoms with E-state index in [4.69, 9.17) is 21.1 Å². The maximum Gasteiger partial charge on any atom is 0.314 e. The van der Waals surface area contributed by atoms with Crippen LogP contribution in [0.2, 0.25) is 5.02 Å². The molecule has 2 aromatic rings. The van der Waals surface area contributed by atoms with Crippen molar-refractivity contribution in [3.8, 4) is 0 Å². The van der Waals surface area contributed by atoms with Crippen molar-refractivity contribution in [1.29, 1.82) is 0 Å². The van der Waals surface area contributed by atoms with Crippen molar-refractivity contribution < 1.29 is 14.3 Å². The highest BCUT2D eigenvalue weighted by Gasteiger charge is 2.32. The van der Waals surface area contributed by atoms with Gasteiger partial charge in [-0.05, 0) is 50.7 Å². The summed E-state index contributed by atoms with van der Waals surface area (Å²) in [5.74, 6) is 0.222. The van der Waals surface area contributed by atoms with Gasteiger partial charge in [0.1, 0.15) is 11.7 Å². The molecule has 0 fully saturated rings. The van der Waals surface area contributed by atoms with Crippen molar-refractivity contribution in [1.82, 2.24) is 9.78 Å². The fourth-order valence-corrected chi connectivity index (χ4v) is 3.76. The molecule has 0 saturated heterocycles. The van der Waals surface area contributed by atoms with Crippen LogP contribution >= 0.6 is 11.6 Å². The summed E-state index contributed by atoms with van der Waals surface area (Å²) in [6.45, 7) is 16.5. The Balaban J connectivity index is 2.08. The summed E-state index contributed by atoms with van der Waals surface area (Å²) in [6.07, 6.45) is 2.54. The van der Waals surface area contributed by atoms with E-state index in [0.29, 0.717) is 35.1 Å². The van der Waals surface area contributed by atoms with Gasteiger partial charge in [0.15, 0.2) is 5.76 Å². The first-order valence-corrected chi connectivity index (χ1v) is 12.2. The third kappa shape index (κ3) is 5.54. The summed E-state index contributed by atoms with van der Waals surface area (Å²) in [6, 6.07) is 8.29. The van der Waals surface area contributed by atoms with Gasteiger partial charge in [0, 0.05) is 18.3 Å². The van der Waals surface area contributed by atoms with Gasteiger partial charge in [-0.1, -0.05) is 63.6 Å². The number of aromatic nitrogens is 2. The second kappa shape index (κ2) is 9.95. The highest BCUT2D eigenvalue weighted by Crippen LogP contribution is 2.38. The van der Waals surface area contributed by atoms with Crippen LogP contribution < -0.4 is 0 Å². The number of rotatable bonds is 9. The molecule has 184 valence electrons. The second-order valence-corrected chi connectivity index (χ2v) is 10.7. The molecule has 6 nitrogen and oxygen atoms in total. The second-order valence-electron chi connectivity index (χ2n) is 10.3. The highest BCUT2D eigenvalue weighted by atomic mass is 35.5. The van der Waals surface area contributed by atoms with Crippen LogP contribution in [0, 0.1) is 12.3 Å². The summed E-state index contributed by atoms with van der Waals surface area (Å²) in [4.78, 5) is 17.0. The normalized spacial score (nSPS) is 16.3. The Morgan fingerprint density at radius 2 is 1.71 bits per heavy atom. The average Bonchev–Trinajstić information content (AvgIpc) is 3.58. The lowest BCUT2D eigenvalue weighted by atomic mass is 9.86. The van der Waals surface area contributed by atoms with Crippen LogP contribution in [0.4, 0.5) is 0 Å². The Hall–Kier alpha value is -2.60. The Morgan fingerprint density at radius 1 is 1.09 bits per heavy atom. The first-order chi connectivity index (χ1) is 15.9. The molecule has 0 aliphatic carbocycles. The maximum atomic E-state index is 12.5. The van der Waals surface area contributed by atoms with E-state index in [-0.39, 0.29) is 24.2 Å². The van der Waals surface area contributed by atoms with E-state index < -0.39 is 5.41 Å². The molecule has 0 radical (unpaired) electrons. The molecule has 1 aromatic heterocycles. The lowest BCUT2D eigenvalue weighted by Gasteiger charge is -2.22. The molecular weight excluding hydrogens is 450 g/mol. The van der Waals surface area contributed by atoms with Crippen LogP contribution in [-0.4, -0.2) is 34.8 Å². The van der Waals surface area contributed by atoms with Crippen molar-refractivity contribution in [3.63, 3.8) is 0 Å². The molecule has 0 bridgehead atoms. The van der Waals surface area contributed by atoms with E-state index in [1.165, 1.54) is 5.56 Å². The zero-order valence-electron chi connectivity index (χ0n) is 21.5. The highest BCUT2D eigenvalue weighted by molar-refractivity contribution is 6.33. The Morgan fingerprint density at radius 3 is 2.21 bits per heavy atom. The number of halogens is 1. The topological polar surface area (TPSA) is 65.7 Å². The number of benzene rings is 1. The van der Waals surface area contributed by atoms with E-state index in [1.807, 2.05) is 45.5 Å². The quantitative estimate of drug-likeness (QED) is 0.233. The lowest BCUT2D eigenvalue weighted by molar-refractivity contribution is -0.162. The molecule has 1 aliphatic rings. The predicted octanol–water partition coefficient (Wildman–Crippen LogP) is 6.44. The van der Waals surface area contributed by atoms with Gasteiger partial charge in [-0.2, -0.15) is 5.10 Å². The van der Waals surface area contributed by atoms with Crippen molar-refractivity contribution in [2.24, 2.45) is 10.4 Å². The smallest absolute Gasteiger partial charge is 0.314 e. The molecule has 34 heavy (non-hydrogen) atoms. The van der Waals surface area contributed by atoms with E-state index in [1.54, 1.807) is 0 Å². The van der Waals surface area contributed by atoms with Crippen LogP contribution in [0.25, 0.3) is 11.3 Å². The number of aliphatic imine (C=N–C) groups is 1. The van der Waals surface area contributed by atoms with Gasteiger partial charge >= 0.3 is 5.97 Å². The number of carbonyl (C=O) groups is 1. The number of hydrogen-bond donors (Lipinski definition) is 0. The van der Waals surface area contributed by atoms with Gasteiger partial charge in [0.2, 0.25) is 6.79 Å². The van der Waals surface area contributed by atoms with Gasteiger partial charge in [0.25, 0.3) is 0 Å². The SMILES string of the molecule is CCn1nc(C)c(Cl)c1/C(OCOC(=O)C(C)(C)CC)=C(/c1ccc(C(C)(C)C)cc1)C1C=N1. The number of esters is 1.